The third kappa shape index (κ3) is 3.44. The van der Waals surface area contributed by atoms with Gasteiger partial charge in [-0.3, -0.25) is 4.79 Å². The van der Waals surface area contributed by atoms with Crippen LogP contribution in [0.25, 0.3) is 0 Å². The zero-order valence-corrected chi connectivity index (χ0v) is 14.3. The van der Waals surface area contributed by atoms with Crippen LogP contribution in [-0.2, 0) is 17.6 Å². The first-order valence-corrected chi connectivity index (χ1v) is 8.43. The molecule has 0 aromatic heterocycles. The molecule has 1 unspecified atom stereocenters. The number of hydrogen-bond donors (Lipinski definition) is 1. The number of anilines is 1. The molecule has 0 saturated carbocycles. The molecule has 2 aromatic carbocycles. The highest BCUT2D eigenvalue weighted by molar-refractivity contribution is 5.97. The summed E-state index contributed by atoms with van der Waals surface area (Å²) in [6.45, 7) is 3.20. The Morgan fingerprint density at radius 2 is 1.96 bits per heavy atom. The van der Waals surface area contributed by atoms with Gasteiger partial charge in [-0.25, -0.2) is 0 Å². The van der Waals surface area contributed by atoms with Gasteiger partial charge < -0.3 is 15.0 Å². The van der Waals surface area contributed by atoms with Gasteiger partial charge in [0.15, 0.2) is 0 Å². The second-order valence-corrected chi connectivity index (χ2v) is 6.18. The molecule has 0 saturated heterocycles. The van der Waals surface area contributed by atoms with Crippen molar-refractivity contribution in [2.75, 3.05) is 25.1 Å². The number of carbonyl (C=O) groups excluding carboxylic acids is 1. The molecule has 1 atom stereocenters. The van der Waals surface area contributed by atoms with Crippen LogP contribution >= 0.6 is 0 Å². The van der Waals surface area contributed by atoms with E-state index in [0.717, 1.165) is 36.4 Å². The molecule has 1 heterocycles. The lowest BCUT2D eigenvalue weighted by Gasteiger charge is -2.23. The van der Waals surface area contributed by atoms with Crippen LogP contribution in [0.3, 0.4) is 0 Å². The average molecular weight is 324 g/mol. The van der Waals surface area contributed by atoms with Gasteiger partial charge in [0.1, 0.15) is 5.75 Å². The standard InChI is InChI=1S/C20H24N2O2/c1-15-13-17-8-3-5-9-18(17)22(15)20(23)14-21-12-11-16-7-4-6-10-19(16)24-2/h3-10,15,21H,11-14H2,1-2H3. The van der Waals surface area contributed by atoms with Gasteiger partial charge >= 0.3 is 0 Å². The topological polar surface area (TPSA) is 41.6 Å². The second kappa shape index (κ2) is 7.49. The number of ether oxygens (including phenoxy) is 1. The number of nitrogens with zero attached hydrogens (tertiary/aromatic N) is 1. The molecular weight excluding hydrogens is 300 g/mol. The van der Waals surface area contributed by atoms with Gasteiger partial charge in [0.25, 0.3) is 0 Å². The van der Waals surface area contributed by atoms with Crippen molar-refractivity contribution in [2.24, 2.45) is 0 Å². The number of fused-ring (bicyclic) bond motifs is 1. The molecular formula is C20H24N2O2. The number of nitrogens with one attached hydrogen (secondary N) is 1. The normalized spacial score (nSPS) is 16.1. The number of amides is 1. The number of para-hydroxylation sites is 2. The molecule has 0 spiro atoms. The fraction of sp³-hybridized carbons (Fsp3) is 0.350. The van der Waals surface area contributed by atoms with E-state index >= 15 is 0 Å². The Morgan fingerprint density at radius 1 is 1.21 bits per heavy atom. The van der Waals surface area contributed by atoms with E-state index in [-0.39, 0.29) is 11.9 Å². The number of hydrogen-bond acceptors (Lipinski definition) is 3. The summed E-state index contributed by atoms with van der Waals surface area (Å²) in [4.78, 5) is 14.5. The van der Waals surface area contributed by atoms with E-state index in [4.69, 9.17) is 4.74 Å². The minimum atomic E-state index is 0.132. The molecule has 0 fully saturated rings. The second-order valence-electron chi connectivity index (χ2n) is 6.18. The van der Waals surface area contributed by atoms with Gasteiger partial charge in [0.2, 0.25) is 5.91 Å². The average Bonchev–Trinajstić information content (AvgIpc) is 2.94. The number of carbonyl (C=O) groups is 1. The Balaban J connectivity index is 1.53. The highest BCUT2D eigenvalue weighted by atomic mass is 16.5. The van der Waals surface area contributed by atoms with E-state index in [1.165, 1.54) is 5.56 Å². The summed E-state index contributed by atoms with van der Waals surface area (Å²) in [5.74, 6) is 1.03. The van der Waals surface area contributed by atoms with Crippen molar-refractivity contribution < 1.29 is 9.53 Å². The quantitative estimate of drug-likeness (QED) is 0.831. The number of methoxy groups -OCH3 is 1. The summed E-state index contributed by atoms with van der Waals surface area (Å²) in [7, 11) is 1.68. The van der Waals surface area contributed by atoms with Gasteiger partial charge in [0, 0.05) is 11.7 Å². The van der Waals surface area contributed by atoms with E-state index in [2.05, 4.69) is 24.4 Å². The first-order chi connectivity index (χ1) is 11.7. The Morgan fingerprint density at radius 3 is 2.79 bits per heavy atom. The van der Waals surface area contributed by atoms with E-state index in [9.17, 15) is 4.79 Å². The SMILES string of the molecule is COc1ccccc1CCNCC(=O)N1c2ccccc2CC1C. The number of benzene rings is 2. The summed E-state index contributed by atoms with van der Waals surface area (Å²) < 4.78 is 5.35. The predicted molar refractivity (Wildman–Crippen MR) is 96.7 cm³/mol. The van der Waals surface area contributed by atoms with E-state index in [1.54, 1.807) is 7.11 Å². The lowest BCUT2D eigenvalue weighted by Crippen LogP contribution is -2.41. The summed E-state index contributed by atoms with van der Waals surface area (Å²) in [5, 5.41) is 3.27. The minimum absolute atomic E-state index is 0.132. The minimum Gasteiger partial charge on any atom is -0.496 e. The smallest absolute Gasteiger partial charge is 0.241 e. The molecule has 2 aromatic rings. The highest BCUT2D eigenvalue weighted by Crippen LogP contribution is 2.31. The van der Waals surface area contributed by atoms with Gasteiger partial charge in [0.05, 0.1) is 13.7 Å². The van der Waals surface area contributed by atoms with Crippen LogP contribution < -0.4 is 15.0 Å². The maximum Gasteiger partial charge on any atom is 0.241 e. The Hall–Kier alpha value is -2.33. The van der Waals surface area contributed by atoms with Crippen molar-refractivity contribution in [1.82, 2.24) is 5.32 Å². The van der Waals surface area contributed by atoms with Crippen LogP contribution in [0.4, 0.5) is 5.69 Å². The van der Waals surface area contributed by atoms with Crippen LogP contribution in [0.1, 0.15) is 18.1 Å². The van der Waals surface area contributed by atoms with Crippen molar-refractivity contribution in [1.29, 1.82) is 0 Å². The molecule has 1 N–H and O–H groups in total. The molecule has 4 heteroatoms. The Kier molecular flexibility index (Phi) is 5.16. The van der Waals surface area contributed by atoms with Crippen LogP contribution in [0, 0.1) is 0 Å². The fourth-order valence-corrected chi connectivity index (χ4v) is 3.36. The molecule has 1 aliphatic heterocycles. The Bertz CT molecular complexity index is 714. The molecule has 24 heavy (non-hydrogen) atoms. The van der Waals surface area contributed by atoms with Gasteiger partial charge in [-0.05, 0) is 49.6 Å². The van der Waals surface area contributed by atoms with E-state index in [1.807, 2.05) is 41.3 Å². The predicted octanol–water partition coefficient (Wildman–Crippen LogP) is 2.81. The van der Waals surface area contributed by atoms with Crippen molar-refractivity contribution in [2.45, 2.75) is 25.8 Å². The zero-order valence-electron chi connectivity index (χ0n) is 14.3. The lowest BCUT2D eigenvalue weighted by atomic mass is 10.1. The molecule has 0 radical (unpaired) electrons. The molecule has 0 aliphatic carbocycles. The third-order valence-electron chi connectivity index (χ3n) is 4.52. The Labute approximate surface area is 143 Å². The summed E-state index contributed by atoms with van der Waals surface area (Å²) in [6.07, 6.45) is 1.77. The zero-order chi connectivity index (χ0) is 16.9. The van der Waals surface area contributed by atoms with Crippen LogP contribution in [0.2, 0.25) is 0 Å². The number of rotatable bonds is 6. The van der Waals surface area contributed by atoms with E-state index in [0.29, 0.717) is 6.54 Å². The summed E-state index contributed by atoms with van der Waals surface area (Å²) >= 11 is 0. The molecule has 4 nitrogen and oxygen atoms in total. The van der Waals surface area contributed by atoms with Crippen molar-refractivity contribution >= 4 is 11.6 Å². The molecule has 3 rings (SSSR count). The van der Waals surface area contributed by atoms with Gasteiger partial charge in [-0.2, -0.15) is 0 Å². The summed E-state index contributed by atoms with van der Waals surface area (Å²) in [6, 6.07) is 16.4. The maximum absolute atomic E-state index is 12.6. The maximum atomic E-state index is 12.6. The van der Waals surface area contributed by atoms with Gasteiger partial charge in [-0.1, -0.05) is 36.4 Å². The molecule has 1 aliphatic rings. The largest absolute Gasteiger partial charge is 0.496 e. The monoisotopic (exact) mass is 324 g/mol. The first kappa shape index (κ1) is 16.5. The van der Waals surface area contributed by atoms with Crippen molar-refractivity contribution in [3.63, 3.8) is 0 Å². The third-order valence-corrected chi connectivity index (χ3v) is 4.52. The lowest BCUT2D eigenvalue weighted by molar-refractivity contribution is -0.118. The van der Waals surface area contributed by atoms with Crippen LogP contribution in [0.15, 0.2) is 48.5 Å². The van der Waals surface area contributed by atoms with Gasteiger partial charge in [-0.15, -0.1) is 0 Å². The van der Waals surface area contributed by atoms with Crippen LogP contribution in [0.5, 0.6) is 5.75 Å². The molecule has 0 bridgehead atoms. The fourth-order valence-electron chi connectivity index (χ4n) is 3.36. The summed E-state index contributed by atoms with van der Waals surface area (Å²) in [5.41, 5.74) is 3.47. The van der Waals surface area contributed by atoms with Crippen molar-refractivity contribution in [3.05, 3.63) is 59.7 Å². The molecule has 126 valence electrons. The first-order valence-electron chi connectivity index (χ1n) is 8.43. The van der Waals surface area contributed by atoms with Crippen molar-refractivity contribution in [3.8, 4) is 5.75 Å². The van der Waals surface area contributed by atoms with E-state index < -0.39 is 0 Å². The highest BCUT2D eigenvalue weighted by Gasteiger charge is 2.29. The molecule has 1 amide bonds. The van der Waals surface area contributed by atoms with Crippen LogP contribution in [-0.4, -0.2) is 32.1 Å².